The third-order valence-corrected chi connectivity index (χ3v) is 2.18. The van der Waals surface area contributed by atoms with Gasteiger partial charge in [0.2, 0.25) is 0 Å². The Morgan fingerprint density at radius 1 is 1.17 bits per heavy atom. The summed E-state index contributed by atoms with van der Waals surface area (Å²) in [5, 5.41) is 1.62. The first kappa shape index (κ1) is 6.49. The van der Waals surface area contributed by atoms with Gasteiger partial charge in [0.1, 0.15) is 1.41 Å². The lowest BCUT2D eigenvalue weighted by Gasteiger charge is -2.29. The Balaban J connectivity index is 2.03. The van der Waals surface area contributed by atoms with Crippen molar-refractivity contribution in [3.05, 3.63) is 30.3 Å². The number of benzene rings is 1. The van der Waals surface area contributed by atoms with Gasteiger partial charge >= 0.3 is 0 Å². The van der Waals surface area contributed by atoms with Crippen LogP contribution in [0.2, 0.25) is 1.41 Å². The number of hydrogen-bond donors (Lipinski definition) is 1. The maximum atomic E-state index is 7.43. The fourth-order valence-electron chi connectivity index (χ4n) is 1.50. The summed E-state index contributed by atoms with van der Waals surface area (Å²) in [6, 6.07) is 10.4. The minimum Gasteiger partial charge on any atom is -0.369 e. The van der Waals surface area contributed by atoms with E-state index in [4.69, 9.17) is 1.41 Å². The second-order valence-electron chi connectivity index (χ2n) is 2.99. The van der Waals surface area contributed by atoms with E-state index in [0.29, 0.717) is 0 Å². The molecule has 1 aliphatic rings. The molecule has 0 aromatic heterocycles. The molecule has 0 saturated carbocycles. The maximum Gasteiger partial charge on any atom is 0.122 e. The molecule has 2 heteroatoms. The van der Waals surface area contributed by atoms with Gasteiger partial charge in [0, 0.05) is 31.9 Å². The van der Waals surface area contributed by atoms with Crippen LogP contribution in [0, 0.1) is 0 Å². The Morgan fingerprint density at radius 3 is 2.50 bits per heavy atom. The molecule has 0 spiro atoms. The van der Waals surface area contributed by atoms with Crippen molar-refractivity contribution in [2.45, 2.75) is 0 Å². The van der Waals surface area contributed by atoms with E-state index in [2.05, 4.69) is 29.2 Å². The summed E-state index contributed by atoms with van der Waals surface area (Å²) in [5.74, 6) is 0. The number of nitrogens with zero attached hydrogens (tertiary/aromatic N) is 1. The van der Waals surface area contributed by atoms with Crippen LogP contribution in [0.4, 0.5) is 5.69 Å². The summed E-state index contributed by atoms with van der Waals surface area (Å²) in [7, 11) is 0. The van der Waals surface area contributed by atoms with Gasteiger partial charge in [0.05, 0.1) is 0 Å². The zero-order valence-electron chi connectivity index (χ0n) is 8.11. The van der Waals surface area contributed by atoms with E-state index in [1.54, 1.807) is 5.31 Å². The molecule has 2 rings (SSSR count). The Bertz CT molecular complexity index is 255. The van der Waals surface area contributed by atoms with E-state index >= 15 is 0 Å². The number of nitrogens with one attached hydrogen (secondary N) is 1. The third kappa shape index (κ3) is 1.59. The van der Waals surface area contributed by atoms with Crippen LogP contribution in [0.15, 0.2) is 30.3 Å². The lowest BCUT2D eigenvalue weighted by Crippen LogP contribution is -2.43. The molecule has 1 aliphatic heterocycles. The second-order valence-corrected chi connectivity index (χ2v) is 2.99. The first-order chi connectivity index (χ1) is 6.36. The Hall–Kier alpha value is -1.02. The van der Waals surface area contributed by atoms with Crippen molar-refractivity contribution in [2.24, 2.45) is 0 Å². The van der Waals surface area contributed by atoms with Crippen LogP contribution >= 0.6 is 0 Å². The molecule has 1 aromatic rings. The maximum absolute atomic E-state index is 7.43. The van der Waals surface area contributed by atoms with E-state index in [1.165, 1.54) is 5.69 Å². The smallest absolute Gasteiger partial charge is 0.122 e. The molecule has 1 saturated heterocycles. The normalized spacial score (nSPS) is 20.7. The van der Waals surface area contributed by atoms with E-state index in [-0.39, 0.29) is 0 Å². The summed E-state index contributed by atoms with van der Waals surface area (Å²) in [5.41, 5.74) is 1.27. The van der Waals surface area contributed by atoms with Crippen molar-refractivity contribution in [2.75, 3.05) is 31.1 Å². The van der Waals surface area contributed by atoms with E-state index in [0.717, 1.165) is 26.2 Å². The number of piperazine rings is 1. The molecule has 0 atom stereocenters. The van der Waals surface area contributed by atoms with Crippen LogP contribution in [0.3, 0.4) is 0 Å². The fourth-order valence-corrected chi connectivity index (χ4v) is 1.50. The van der Waals surface area contributed by atoms with Gasteiger partial charge in [0.25, 0.3) is 0 Å². The minimum absolute atomic E-state index is 0.842. The molecule has 12 heavy (non-hydrogen) atoms. The van der Waals surface area contributed by atoms with Crippen molar-refractivity contribution in [1.29, 1.82) is 0 Å². The van der Waals surface area contributed by atoms with E-state index in [9.17, 15) is 0 Å². The first-order valence-electron chi connectivity index (χ1n) is 4.85. The van der Waals surface area contributed by atoms with Gasteiger partial charge in [-0.15, -0.1) is 0 Å². The van der Waals surface area contributed by atoms with Crippen LogP contribution in [-0.4, -0.2) is 26.2 Å². The molecule has 0 aliphatic carbocycles. The first-order valence-corrected chi connectivity index (χ1v) is 4.40. The predicted octanol–water partition coefficient (Wildman–Crippen LogP) is 1.10. The van der Waals surface area contributed by atoms with Crippen molar-refractivity contribution in [3.63, 3.8) is 0 Å². The Morgan fingerprint density at radius 2 is 1.83 bits per heavy atom. The van der Waals surface area contributed by atoms with Crippen LogP contribution in [0.5, 0.6) is 0 Å². The zero-order chi connectivity index (χ0) is 9.10. The molecule has 0 amide bonds. The van der Waals surface area contributed by atoms with Gasteiger partial charge in [-0.1, -0.05) is 18.2 Å². The molecule has 1 aromatic carbocycles. The van der Waals surface area contributed by atoms with Gasteiger partial charge in [0.15, 0.2) is 0 Å². The molecule has 0 bridgehead atoms. The standard InChI is InChI=1S/C10H14N2/c1-2-4-10(5-3-1)12-8-6-11-7-9-12/h1-5,11H,6-9H2/i/hD. The van der Waals surface area contributed by atoms with Gasteiger partial charge < -0.3 is 10.2 Å². The largest absolute Gasteiger partial charge is 0.369 e. The molecule has 1 heterocycles. The van der Waals surface area contributed by atoms with Crippen molar-refractivity contribution >= 4 is 5.69 Å². The highest BCUT2D eigenvalue weighted by Gasteiger charge is 2.08. The predicted molar refractivity (Wildman–Crippen MR) is 51.5 cm³/mol. The second kappa shape index (κ2) is 3.59. The van der Waals surface area contributed by atoms with Crippen LogP contribution in [-0.2, 0) is 0 Å². The van der Waals surface area contributed by atoms with Crippen LogP contribution in [0.1, 0.15) is 0 Å². The molecule has 1 fully saturated rings. The summed E-state index contributed by atoms with van der Waals surface area (Å²) >= 11 is 0. The van der Waals surface area contributed by atoms with Crippen molar-refractivity contribution in [3.8, 4) is 0 Å². The molecular weight excluding hydrogens is 148 g/mol. The summed E-state index contributed by atoms with van der Waals surface area (Å²) in [6.07, 6.45) is 0. The molecule has 1 N–H and O–H groups in total. The van der Waals surface area contributed by atoms with Crippen molar-refractivity contribution < 1.29 is 1.41 Å². The van der Waals surface area contributed by atoms with Gasteiger partial charge in [-0.25, -0.2) is 0 Å². The minimum atomic E-state index is 0.842. The summed E-state index contributed by atoms with van der Waals surface area (Å²) < 4.78 is 7.43. The SMILES string of the molecule is [2H]N1CCN(c2ccccc2)CC1. The summed E-state index contributed by atoms with van der Waals surface area (Å²) in [6.45, 7) is 3.62. The fraction of sp³-hybridized carbons (Fsp3) is 0.400. The van der Waals surface area contributed by atoms with E-state index in [1.807, 2.05) is 6.07 Å². The molecule has 64 valence electrons. The Labute approximate surface area is 74.7 Å². The average molecular weight is 163 g/mol. The molecular formula is C10H14N2. The van der Waals surface area contributed by atoms with Gasteiger partial charge in [-0.3, -0.25) is 0 Å². The van der Waals surface area contributed by atoms with Gasteiger partial charge in [-0.2, -0.15) is 0 Å². The highest BCUT2D eigenvalue weighted by atomic mass is 15.2. The number of hydrogen-bond acceptors (Lipinski definition) is 2. The quantitative estimate of drug-likeness (QED) is 0.667. The lowest BCUT2D eigenvalue weighted by molar-refractivity contribution is 0.589. The molecule has 0 radical (unpaired) electrons. The highest BCUT2D eigenvalue weighted by molar-refractivity contribution is 5.46. The molecule has 0 unspecified atom stereocenters. The van der Waals surface area contributed by atoms with Gasteiger partial charge in [-0.05, 0) is 12.1 Å². The molecule has 2 nitrogen and oxygen atoms in total. The lowest BCUT2D eigenvalue weighted by atomic mass is 10.2. The van der Waals surface area contributed by atoms with Crippen LogP contribution in [0.25, 0.3) is 0 Å². The number of anilines is 1. The summed E-state index contributed by atoms with van der Waals surface area (Å²) in [4.78, 5) is 2.32. The number of para-hydroxylation sites is 1. The number of rotatable bonds is 1. The van der Waals surface area contributed by atoms with Crippen molar-refractivity contribution in [1.82, 2.24) is 5.31 Å². The highest BCUT2D eigenvalue weighted by Crippen LogP contribution is 2.12. The third-order valence-electron chi connectivity index (χ3n) is 2.18. The zero-order valence-corrected chi connectivity index (χ0v) is 7.11. The van der Waals surface area contributed by atoms with E-state index < -0.39 is 0 Å². The monoisotopic (exact) mass is 163 g/mol. The topological polar surface area (TPSA) is 15.3 Å². The Kier molecular flexibility index (Phi) is 1.94. The van der Waals surface area contributed by atoms with Crippen LogP contribution < -0.4 is 10.2 Å². The average Bonchev–Trinajstić information content (AvgIpc) is 2.20.